The Morgan fingerprint density at radius 2 is 1.89 bits per heavy atom. The van der Waals surface area contributed by atoms with Crippen LogP contribution in [0.2, 0.25) is 0 Å². The molecule has 5 nitrogen and oxygen atoms in total. The summed E-state index contributed by atoms with van der Waals surface area (Å²) < 4.78 is 24.6. The van der Waals surface area contributed by atoms with Crippen LogP contribution in [0, 0.1) is 35.1 Å². The van der Waals surface area contributed by atoms with E-state index in [4.69, 9.17) is 15.6 Å². The second-order valence-corrected chi connectivity index (χ2v) is 11.7. The second kappa shape index (κ2) is 23.5. The molecule has 3 N–H and O–H groups in total. The Labute approximate surface area is 310 Å². The first-order chi connectivity index (χ1) is 20.7. The molecule has 1 heterocycles. The maximum Gasteiger partial charge on any atom is 1.00 e. The molecule has 1 atom stereocenters. The summed E-state index contributed by atoms with van der Waals surface area (Å²) in [4.78, 5) is 10.8. The van der Waals surface area contributed by atoms with E-state index in [1.165, 1.54) is 31.0 Å². The molecule has 0 bridgehead atoms. The Morgan fingerprint density at radius 3 is 2.32 bits per heavy atom. The van der Waals surface area contributed by atoms with Crippen molar-refractivity contribution in [3.8, 4) is 0 Å². The Morgan fingerprint density at radius 1 is 1.27 bits per heavy atom. The van der Waals surface area contributed by atoms with Gasteiger partial charge in [-0.15, -0.1) is 17.2 Å². The molecule has 2 aromatic carbocycles. The SMILES string of the molecule is CC.CC=N.CCCC(=N)C1(c2c[c-]ccc2)CC2(COC2)C1.FCF.[CH2-]c1c(P)cc(CNCC2CCC2)cc1[C-]=O.[K+]. The minimum atomic E-state index is -1.75. The molecule has 240 valence electrons. The fourth-order valence-electron chi connectivity index (χ4n) is 5.66. The van der Waals surface area contributed by atoms with Crippen LogP contribution in [0.1, 0.15) is 94.9 Å². The quantitative estimate of drug-likeness (QED) is 0.160. The molecule has 44 heavy (non-hydrogen) atoms. The van der Waals surface area contributed by atoms with Crippen molar-refractivity contribution < 1.29 is 69.7 Å². The largest absolute Gasteiger partial charge is 1.00 e. The number of carbonyl (C=O) groups excluding carboxylic acids is 1. The third-order valence-electron chi connectivity index (χ3n) is 7.95. The average molecular weight is 654 g/mol. The van der Waals surface area contributed by atoms with E-state index in [1.54, 1.807) is 6.92 Å². The van der Waals surface area contributed by atoms with E-state index in [1.807, 2.05) is 38.3 Å². The van der Waals surface area contributed by atoms with E-state index in [0.29, 0.717) is 11.0 Å². The van der Waals surface area contributed by atoms with Gasteiger partial charge in [0.2, 0.25) is 6.93 Å². The van der Waals surface area contributed by atoms with Crippen LogP contribution in [-0.2, 0) is 21.5 Å². The van der Waals surface area contributed by atoms with E-state index in [9.17, 15) is 13.6 Å². The summed E-state index contributed by atoms with van der Waals surface area (Å²) in [5.74, 6) is 0.856. The minimum Gasteiger partial charge on any atom is -0.391 e. The summed E-state index contributed by atoms with van der Waals surface area (Å²) in [6.45, 7) is 13.6. The van der Waals surface area contributed by atoms with Crippen molar-refractivity contribution in [2.75, 3.05) is 26.7 Å². The Balaban J connectivity index is 0.000000670. The number of nitrogens with one attached hydrogen (secondary N) is 3. The molecule has 0 radical (unpaired) electrons. The van der Waals surface area contributed by atoms with Crippen LogP contribution in [0.3, 0.4) is 0 Å². The van der Waals surface area contributed by atoms with E-state index in [0.717, 1.165) is 80.0 Å². The van der Waals surface area contributed by atoms with Crippen LogP contribution in [0.4, 0.5) is 8.78 Å². The van der Waals surface area contributed by atoms with Crippen LogP contribution in [0.5, 0.6) is 0 Å². The minimum absolute atomic E-state index is 0. The zero-order valence-corrected chi connectivity index (χ0v) is 31.7. The Bertz CT molecular complexity index is 1100. The molecule has 1 spiro atoms. The van der Waals surface area contributed by atoms with E-state index >= 15 is 0 Å². The maximum atomic E-state index is 10.8. The Kier molecular flexibility index (Phi) is 23.0. The summed E-state index contributed by atoms with van der Waals surface area (Å²) in [6.07, 6.45) is 11.4. The van der Waals surface area contributed by atoms with Gasteiger partial charge < -0.3 is 25.7 Å². The number of rotatable bonds is 9. The number of benzene rings is 2. The summed E-state index contributed by atoms with van der Waals surface area (Å²) >= 11 is 0. The fourth-order valence-corrected chi connectivity index (χ4v) is 6.03. The van der Waals surface area contributed by atoms with Gasteiger partial charge in [0.25, 0.3) is 0 Å². The fraction of sp³-hybridized carbons (Fsp3) is 0.543. The summed E-state index contributed by atoms with van der Waals surface area (Å²) in [5, 5.41) is 19.0. The topological polar surface area (TPSA) is 86.0 Å². The molecule has 1 saturated heterocycles. The van der Waals surface area contributed by atoms with Crippen molar-refractivity contribution in [2.24, 2.45) is 11.3 Å². The predicted octanol–water partition coefficient (Wildman–Crippen LogP) is 4.64. The Hall–Kier alpha value is -0.834. The molecule has 5 rings (SSSR count). The molecule has 2 aliphatic carbocycles. The molecule has 3 fully saturated rings. The van der Waals surface area contributed by atoms with E-state index in [-0.39, 0.29) is 56.8 Å². The normalized spacial score (nSPS) is 16.3. The van der Waals surface area contributed by atoms with Crippen molar-refractivity contribution >= 4 is 32.8 Å². The number of alkyl halides is 2. The van der Waals surface area contributed by atoms with Gasteiger partial charge in [0.1, 0.15) is 0 Å². The number of hydrogen-bond donors (Lipinski definition) is 3. The van der Waals surface area contributed by atoms with Crippen LogP contribution in [0.15, 0.2) is 36.4 Å². The number of hydrogen-bond acceptors (Lipinski definition) is 5. The van der Waals surface area contributed by atoms with Crippen molar-refractivity contribution in [1.82, 2.24) is 5.32 Å². The molecule has 1 unspecified atom stereocenters. The predicted molar refractivity (Wildman–Crippen MR) is 179 cm³/mol. The molecule has 2 aromatic rings. The maximum absolute atomic E-state index is 10.8. The van der Waals surface area contributed by atoms with Gasteiger partial charge in [0.15, 0.2) is 0 Å². The molecular formula is C35H51F2KN3O2P-2. The van der Waals surface area contributed by atoms with Crippen molar-refractivity contribution in [1.29, 1.82) is 10.8 Å². The molecular weight excluding hydrogens is 602 g/mol. The van der Waals surface area contributed by atoms with Crippen LogP contribution in [0.25, 0.3) is 0 Å². The third-order valence-corrected chi connectivity index (χ3v) is 8.46. The van der Waals surface area contributed by atoms with Gasteiger partial charge >= 0.3 is 51.4 Å². The first kappa shape index (κ1) is 43.2. The molecule has 2 saturated carbocycles. The van der Waals surface area contributed by atoms with Crippen LogP contribution in [-0.4, -0.2) is 44.9 Å². The zero-order chi connectivity index (χ0) is 32.3. The molecule has 1 aliphatic heterocycles. The van der Waals surface area contributed by atoms with Gasteiger partial charge in [-0.3, -0.25) is 18.1 Å². The monoisotopic (exact) mass is 653 g/mol. The van der Waals surface area contributed by atoms with Gasteiger partial charge in [-0.25, -0.2) is 14.8 Å². The van der Waals surface area contributed by atoms with Crippen molar-refractivity contribution in [3.63, 3.8) is 0 Å². The average Bonchev–Trinajstić information content (AvgIpc) is 2.94. The van der Waals surface area contributed by atoms with Gasteiger partial charge in [-0.2, -0.15) is 44.9 Å². The smallest absolute Gasteiger partial charge is 0.391 e. The van der Waals surface area contributed by atoms with Gasteiger partial charge in [0.05, 0.1) is 13.2 Å². The molecule has 0 amide bonds. The summed E-state index contributed by atoms with van der Waals surface area (Å²) in [5.41, 5.74) is 5.00. The number of halogens is 2. The molecule has 3 aliphatic rings. The van der Waals surface area contributed by atoms with E-state index in [2.05, 4.69) is 52.7 Å². The van der Waals surface area contributed by atoms with Gasteiger partial charge in [0, 0.05) is 17.7 Å². The summed E-state index contributed by atoms with van der Waals surface area (Å²) in [7, 11) is 2.62. The third kappa shape index (κ3) is 12.8. The second-order valence-electron chi connectivity index (χ2n) is 11.1. The first-order valence-electron chi connectivity index (χ1n) is 15.3. The van der Waals surface area contributed by atoms with E-state index < -0.39 is 6.93 Å². The van der Waals surface area contributed by atoms with Crippen LogP contribution >= 0.6 is 9.24 Å². The zero-order valence-electron chi connectivity index (χ0n) is 27.5. The molecule has 9 heteroatoms. The van der Waals surface area contributed by atoms with Crippen LogP contribution < -0.4 is 62.0 Å². The van der Waals surface area contributed by atoms with Crippen molar-refractivity contribution in [3.05, 3.63) is 71.6 Å². The number of ether oxygens (including phenoxy) is 1. The first-order valence-corrected chi connectivity index (χ1v) is 15.8. The van der Waals surface area contributed by atoms with Gasteiger partial charge in [-0.05, 0) is 69.4 Å². The standard InChI is InChI=1S/C16H20NO.C14H18NOP.C2H5N.C2H6.CH2F2.K/c1-2-6-14(17)16(13-7-4-3-5-8-13)9-15(10-16)11-18-12-15;1-10-13(9-16)5-12(6-14(10)17)8-15-7-11-3-2-4-11;1-2-3;1-2;2-1-3;/h3-4,7-8,17H,2,6,9-12H2,1H3;5-6,11,15H,1-4,7-8,17H2;2-3H,1H3;1-2H3;1H2;/q-1;-2;;;;+1. The molecule has 0 aromatic heterocycles. The summed E-state index contributed by atoms with van der Waals surface area (Å²) in [6, 6.07) is 15.3. The van der Waals surface area contributed by atoms with Crippen molar-refractivity contribution in [2.45, 2.75) is 84.6 Å². The van der Waals surface area contributed by atoms with Gasteiger partial charge in [-0.1, -0.05) is 33.6 Å².